The van der Waals surface area contributed by atoms with Gasteiger partial charge in [-0.3, -0.25) is 0 Å². The van der Waals surface area contributed by atoms with E-state index in [9.17, 15) is 10.2 Å². The van der Waals surface area contributed by atoms with Crippen LogP contribution in [0.1, 0.15) is 51.7 Å². The van der Waals surface area contributed by atoms with Crippen molar-refractivity contribution in [2.45, 2.75) is 59.5 Å². The third-order valence-electron chi connectivity index (χ3n) is 4.12. The van der Waals surface area contributed by atoms with Crippen molar-refractivity contribution in [1.29, 1.82) is 0 Å². The minimum atomic E-state index is -1.10. The molecule has 5 nitrogen and oxygen atoms in total. The van der Waals surface area contributed by atoms with Gasteiger partial charge in [0.25, 0.3) is 0 Å². The molecule has 3 aromatic rings. The van der Waals surface area contributed by atoms with Gasteiger partial charge in [-0.1, -0.05) is 74.0 Å². The number of aliphatic hydroxyl groups is 2. The molecule has 3 N–H and O–H groups in total. The Bertz CT molecular complexity index is 936. The van der Waals surface area contributed by atoms with Crippen LogP contribution in [-0.2, 0) is 0 Å². The zero-order chi connectivity index (χ0) is 25.0. The number of phenols is 1. The zero-order valence-electron chi connectivity index (χ0n) is 20.1. The number of halogens is 1. The Balaban J connectivity index is 0.000000249. The summed E-state index contributed by atoms with van der Waals surface area (Å²) in [5, 5.41) is 28.1. The molecule has 0 saturated heterocycles. The van der Waals surface area contributed by atoms with Crippen molar-refractivity contribution in [3.63, 3.8) is 0 Å². The molecule has 1 unspecified atom stereocenters. The molecule has 0 aliphatic rings. The summed E-state index contributed by atoms with van der Waals surface area (Å²) in [5.41, 5.74) is 1.82. The lowest BCUT2D eigenvalue weighted by molar-refractivity contribution is -0.104. The summed E-state index contributed by atoms with van der Waals surface area (Å²) in [6, 6.07) is 22.3. The van der Waals surface area contributed by atoms with Crippen LogP contribution < -0.4 is 9.47 Å². The van der Waals surface area contributed by atoms with Crippen LogP contribution in [0.15, 0.2) is 72.8 Å². The lowest BCUT2D eigenvalue weighted by atomic mass is 10.0. The molecule has 0 aliphatic carbocycles. The quantitative estimate of drug-likeness (QED) is 0.359. The lowest BCUT2D eigenvalue weighted by Gasteiger charge is -2.19. The average molecular weight is 475 g/mol. The maximum Gasteiger partial charge on any atom is 0.202 e. The summed E-state index contributed by atoms with van der Waals surface area (Å²) in [5.74, 6) is 0.814. The Morgan fingerprint density at radius 1 is 0.818 bits per heavy atom. The number of hydrogen-bond acceptors (Lipinski definition) is 5. The van der Waals surface area contributed by atoms with E-state index < -0.39 is 12.1 Å². The van der Waals surface area contributed by atoms with Crippen LogP contribution in [0.25, 0.3) is 0 Å². The Hall–Kier alpha value is -2.73. The molecule has 6 heteroatoms. The molecular formula is C27H35ClO5. The monoisotopic (exact) mass is 474 g/mol. The van der Waals surface area contributed by atoms with Crippen molar-refractivity contribution in [3.8, 4) is 17.2 Å². The minimum Gasteiger partial charge on any atom is -0.506 e. The Labute approximate surface area is 202 Å². The van der Waals surface area contributed by atoms with Gasteiger partial charge in [0.1, 0.15) is 17.2 Å². The minimum absolute atomic E-state index is 0.228. The molecule has 0 aliphatic heterocycles. The molecule has 33 heavy (non-hydrogen) atoms. The van der Waals surface area contributed by atoms with Crippen molar-refractivity contribution >= 4 is 11.6 Å². The first-order valence-corrected chi connectivity index (χ1v) is 11.1. The number of phenolic OH excluding ortho intramolecular Hbond substituents is 1. The average Bonchev–Trinajstić information content (AvgIpc) is 2.72. The fourth-order valence-electron chi connectivity index (χ4n) is 2.62. The molecule has 3 aromatic carbocycles. The highest BCUT2D eigenvalue weighted by Gasteiger charge is 2.13. The second-order valence-corrected chi connectivity index (χ2v) is 8.56. The Morgan fingerprint density at radius 2 is 1.30 bits per heavy atom. The molecule has 0 bridgehead atoms. The van der Waals surface area contributed by atoms with Gasteiger partial charge in [-0.15, -0.1) is 0 Å². The van der Waals surface area contributed by atoms with Crippen LogP contribution in [-0.4, -0.2) is 27.4 Å². The summed E-state index contributed by atoms with van der Waals surface area (Å²) in [6.07, 6.45) is -0.734. The molecule has 0 aromatic heterocycles. The summed E-state index contributed by atoms with van der Waals surface area (Å²) in [4.78, 5) is 0. The van der Waals surface area contributed by atoms with Gasteiger partial charge in [-0.05, 0) is 55.2 Å². The van der Waals surface area contributed by atoms with Gasteiger partial charge in [0.15, 0.2) is 6.29 Å². The molecule has 0 fully saturated rings. The first-order chi connectivity index (χ1) is 15.4. The van der Waals surface area contributed by atoms with Crippen LogP contribution >= 0.6 is 11.6 Å². The van der Waals surface area contributed by atoms with Gasteiger partial charge in [0.2, 0.25) is 5.79 Å². The highest BCUT2D eigenvalue weighted by molar-refractivity contribution is 6.32. The van der Waals surface area contributed by atoms with E-state index in [4.69, 9.17) is 26.2 Å². The van der Waals surface area contributed by atoms with Gasteiger partial charge < -0.3 is 24.8 Å². The molecule has 0 saturated carbocycles. The van der Waals surface area contributed by atoms with E-state index in [1.165, 1.54) is 0 Å². The molecule has 1 atom stereocenters. The first-order valence-electron chi connectivity index (χ1n) is 10.7. The topological polar surface area (TPSA) is 79.2 Å². The highest BCUT2D eigenvalue weighted by Crippen LogP contribution is 2.34. The third-order valence-corrected chi connectivity index (χ3v) is 4.60. The molecule has 3 rings (SSSR count). The second kappa shape index (κ2) is 13.7. The van der Waals surface area contributed by atoms with Gasteiger partial charge in [0.05, 0.1) is 5.02 Å². The molecule has 0 radical (unpaired) electrons. The summed E-state index contributed by atoms with van der Waals surface area (Å²) < 4.78 is 10.1. The van der Waals surface area contributed by atoms with Crippen LogP contribution in [0, 0.1) is 6.92 Å². The van der Waals surface area contributed by atoms with E-state index in [1.807, 2.05) is 69.3 Å². The van der Waals surface area contributed by atoms with Crippen LogP contribution in [0.2, 0.25) is 5.02 Å². The maximum atomic E-state index is 9.62. The number of rotatable bonds is 5. The number of aromatic hydroxyl groups is 1. The second-order valence-electron chi connectivity index (χ2n) is 8.18. The van der Waals surface area contributed by atoms with E-state index in [1.54, 1.807) is 45.0 Å². The number of aliphatic hydroxyl groups excluding tert-OH is 1. The number of para-hydroxylation sites is 2. The maximum absolute atomic E-state index is 9.62. The van der Waals surface area contributed by atoms with Crippen LogP contribution in [0.3, 0.4) is 0 Å². The predicted molar refractivity (Wildman–Crippen MR) is 134 cm³/mol. The number of aryl methyl sites for hydroxylation is 1. The van der Waals surface area contributed by atoms with Crippen molar-refractivity contribution < 1.29 is 24.8 Å². The van der Waals surface area contributed by atoms with Crippen LogP contribution in [0.5, 0.6) is 17.2 Å². The van der Waals surface area contributed by atoms with E-state index >= 15 is 0 Å². The van der Waals surface area contributed by atoms with Crippen molar-refractivity contribution in [3.05, 3.63) is 88.9 Å². The smallest absolute Gasteiger partial charge is 0.202 e. The molecule has 0 amide bonds. The van der Waals surface area contributed by atoms with Crippen molar-refractivity contribution in [1.82, 2.24) is 0 Å². The highest BCUT2D eigenvalue weighted by atomic mass is 35.5. The predicted octanol–water partition coefficient (Wildman–Crippen LogP) is 6.67. The van der Waals surface area contributed by atoms with E-state index in [0.717, 1.165) is 11.1 Å². The van der Waals surface area contributed by atoms with Gasteiger partial charge in [-0.2, -0.15) is 0 Å². The fourth-order valence-corrected chi connectivity index (χ4v) is 2.79. The van der Waals surface area contributed by atoms with Gasteiger partial charge >= 0.3 is 0 Å². The summed E-state index contributed by atoms with van der Waals surface area (Å²) >= 11 is 5.88. The van der Waals surface area contributed by atoms with Crippen molar-refractivity contribution in [2.24, 2.45) is 0 Å². The summed E-state index contributed by atoms with van der Waals surface area (Å²) in [6.45, 7) is 10.7. The number of hydrogen-bond donors (Lipinski definition) is 3. The normalized spacial score (nSPS) is 11.5. The Kier molecular flexibility index (Phi) is 11.8. The first kappa shape index (κ1) is 28.3. The van der Waals surface area contributed by atoms with Gasteiger partial charge in [-0.25, -0.2) is 0 Å². The Morgan fingerprint density at radius 3 is 1.73 bits per heavy atom. The van der Waals surface area contributed by atoms with Crippen LogP contribution in [0.4, 0.5) is 0 Å². The third kappa shape index (κ3) is 11.6. The summed E-state index contributed by atoms with van der Waals surface area (Å²) in [7, 11) is 0. The van der Waals surface area contributed by atoms with Crippen molar-refractivity contribution in [2.75, 3.05) is 0 Å². The molecule has 180 valence electrons. The van der Waals surface area contributed by atoms with E-state index in [2.05, 4.69) is 0 Å². The largest absolute Gasteiger partial charge is 0.506 e. The zero-order valence-corrected chi connectivity index (χ0v) is 20.9. The van der Waals surface area contributed by atoms with Gasteiger partial charge in [0, 0.05) is 13.8 Å². The standard InChI is InChI=1S/C10H13ClO.C9H12O2.C8H10O2/c1-6(2)8-5-4-7(3)9(11)10(8)12;1-9(2,10)11-8-6-4-3-5-7-8;1-7(9)10-8-5-3-2-4-6-8/h4-6,12H,1-3H3;3-7,10H,1-2H3;2-7,9H,1H3. The number of benzene rings is 3. The van der Waals surface area contributed by atoms with E-state index in [0.29, 0.717) is 22.4 Å². The molecular weight excluding hydrogens is 440 g/mol. The molecule has 0 spiro atoms. The fraction of sp³-hybridized carbons (Fsp3) is 0.333. The molecule has 0 heterocycles. The number of ether oxygens (including phenoxy) is 2. The van der Waals surface area contributed by atoms with E-state index in [-0.39, 0.29) is 5.75 Å². The SMILES string of the molecule is CC(C)(O)Oc1ccccc1.CC(O)Oc1ccccc1.Cc1ccc(C(C)C)c(O)c1Cl. The lowest BCUT2D eigenvalue weighted by Crippen LogP contribution is -2.26.